The molecule has 2 aromatic carbocycles. The Bertz CT molecular complexity index is 1100. The molecule has 0 unspecified atom stereocenters. The maximum atomic E-state index is 12.7. The van der Waals surface area contributed by atoms with Gasteiger partial charge in [0.25, 0.3) is 0 Å². The van der Waals surface area contributed by atoms with E-state index in [1.165, 1.54) is 6.42 Å². The van der Waals surface area contributed by atoms with Crippen LogP contribution in [0.15, 0.2) is 42.5 Å². The lowest BCUT2D eigenvalue weighted by Crippen LogP contribution is -2.48. The second-order valence-electron chi connectivity index (χ2n) is 10.1. The predicted octanol–water partition coefficient (Wildman–Crippen LogP) is 4.17. The number of rotatable bonds is 7. The number of urea groups is 1. The third kappa shape index (κ3) is 5.99. The van der Waals surface area contributed by atoms with Crippen molar-refractivity contribution in [2.24, 2.45) is 0 Å². The number of fused-ring (bicyclic) bond motifs is 3. The van der Waals surface area contributed by atoms with Gasteiger partial charge in [0.2, 0.25) is 5.91 Å². The van der Waals surface area contributed by atoms with E-state index >= 15 is 0 Å². The molecule has 4 atom stereocenters. The summed E-state index contributed by atoms with van der Waals surface area (Å²) < 4.78 is 17.4. The van der Waals surface area contributed by atoms with Crippen molar-refractivity contribution in [3.05, 3.63) is 48.0 Å². The summed E-state index contributed by atoms with van der Waals surface area (Å²) in [6.45, 7) is -0.189. The fraction of sp³-hybridized carbons (Fsp3) is 0.500. The molecule has 0 aromatic heterocycles. The van der Waals surface area contributed by atoms with Crippen LogP contribution >= 0.6 is 0 Å². The monoisotopic (exact) mass is 509 g/mol. The van der Waals surface area contributed by atoms with Crippen LogP contribution in [0.5, 0.6) is 11.5 Å². The number of amides is 3. The van der Waals surface area contributed by atoms with Crippen LogP contribution in [0.3, 0.4) is 0 Å². The molecule has 4 N–H and O–H groups in total. The third-order valence-corrected chi connectivity index (χ3v) is 7.49. The van der Waals surface area contributed by atoms with Gasteiger partial charge in [0.15, 0.2) is 0 Å². The van der Waals surface area contributed by atoms with Gasteiger partial charge in [-0.05, 0) is 61.7 Å². The molecule has 9 heteroatoms. The van der Waals surface area contributed by atoms with Crippen LogP contribution in [0.1, 0.15) is 56.4 Å². The van der Waals surface area contributed by atoms with E-state index < -0.39 is 6.10 Å². The topological polar surface area (TPSA) is 118 Å². The zero-order valence-electron chi connectivity index (χ0n) is 21.1. The van der Waals surface area contributed by atoms with Gasteiger partial charge in [-0.2, -0.15) is 0 Å². The van der Waals surface area contributed by atoms with Crippen molar-refractivity contribution in [1.82, 2.24) is 5.32 Å². The second-order valence-corrected chi connectivity index (χ2v) is 10.1. The van der Waals surface area contributed by atoms with Crippen molar-refractivity contribution in [3.8, 4) is 11.5 Å². The number of methoxy groups -OCH3 is 1. The molecule has 37 heavy (non-hydrogen) atoms. The molecule has 1 aliphatic carbocycles. The molecule has 5 rings (SSSR count). The lowest BCUT2D eigenvalue weighted by atomic mass is 9.84. The maximum Gasteiger partial charge on any atom is 0.323 e. The maximum absolute atomic E-state index is 12.7. The Morgan fingerprint density at radius 2 is 1.76 bits per heavy atom. The van der Waals surface area contributed by atoms with Crippen LogP contribution in [0, 0.1) is 0 Å². The Balaban J connectivity index is 1.23. The van der Waals surface area contributed by atoms with Crippen LogP contribution in [-0.2, 0) is 9.53 Å². The first kappa shape index (κ1) is 25.4. The van der Waals surface area contributed by atoms with Gasteiger partial charge >= 0.3 is 6.03 Å². The van der Waals surface area contributed by atoms with Gasteiger partial charge in [0.05, 0.1) is 26.2 Å². The van der Waals surface area contributed by atoms with Crippen LogP contribution in [0.2, 0.25) is 0 Å². The minimum absolute atomic E-state index is 0.00296. The summed E-state index contributed by atoms with van der Waals surface area (Å²) in [6.07, 6.45) is 5.31. The fourth-order valence-electron chi connectivity index (χ4n) is 5.67. The molecule has 1 saturated heterocycles. The number of carbonyl (C=O) groups is 2. The standard InChI is InChI=1S/C28H35N3O6/c1-35-20-10-7-18(8-11-20)30-28(34)31-19-9-12-24-22(13-19)23-14-21(36-25(16-32)27(23)37-24)15-26(33)29-17-5-3-2-4-6-17/h7-13,17,21,23,25,27,32H,2-6,14-16H2,1H3,(H,29,33)(H2,30,31,34)/t21-,23-,25+,27+/m1/s1. The fourth-order valence-corrected chi connectivity index (χ4v) is 5.67. The molecule has 0 radical (unpaired) electrons. The highest BCUT2D eigenvalue weighted by Crippen LogP contribution is 2.47. The highest BCUT2D eigenvalue weighted by Gasteiger charge is 2.46. The Hall–Kier alpha value is -3.30. The second kappa shape index (κ2) is 11.4. The average Bonchev–Trinajstić information content (AvgIpc) is 3.27. The Labute approximate surface area is 216 Å². The summed E-state index contributed by atoms with van der Waals surface area (Å²) in [7, 11) is 1.59. The molecule has 3 amide bonds. The quantitative estimate of drug-likeness (QED) is 0.445. The van der Waals surface area contributed by atoms with Crippen molar-refractivity contribution in [2.45, 2.75) is 75.2 Å². The lowest BCUT2D eigenvalue weighted by Gasteiger charge is -2.37. The zero-order valence-corrected chi connectivity index (χ0v) is 21.1. The number of hydrogen-bond donors (Lipinski definition) is 4. The first-order chi connectivity index (χ1) is 18.0. The van der Waals surface area contributed by atoms with Gasteiger partial charge in [-0.15, -0.1) is 0 Å². The molecule has 2 fully saturated rings. The molecular weight excluding hydrogens is 474 g/mol. The van der Waals surface area contributed by atoms with E-state index in [9.17, 15) is 14.7 Å². The minimum atomic E-state index is -0.520. The molecule has 2 aliphatic heterocycles. The van der Waals surface area contributed by atoms with E-state index in [1.807, 2.05) is 12.1 Å². The number of hydrogen-bond acceptors (Lipinski definition) is 6. The zero-order chi connectivity index (χ0) is 25.8. The summed E-state index contributed by atoms with van der Waals surface area (Å²) in [5.74, 6) is 1.38. The van der Waals surface area contributed by atoms with Gasteiger partial charge in [0.1, 0.15) is 23.7 Å². The van der Waals surface area contributed by atoms with Gasteiger partial charge < -0.3 is 35.3 Å². The summed E-state index contributed by atoms with van der Waals surface area (Å²) in [6, 6.07) is 12.5. The van der Waals surface area contributed by atoms with Crippen LogP contribution in [0.4, 0.5) is 16.2 Å². The van der Waals surface area contributed by atoms with Gasteiger partial charge in [0, 0.05) is 28.9 Å². The van der Waals surface area contributed by atoms with E-state index in [4.69, 9.17) is 14.2 Å². The largest absolute Gasteiger partial charge is 0.497 e. The van der Waals surface area contributed by atoms with E-state index in [-0.39, 0.29) is 49.1 Å². The highest BCUT2D eigenvalue weighted by atomic mass is 16.6. The van der Waals surface area contributed by atoms with Crippen LogP contribution in [-0.4, -0.2) is 55.1 Å². The summed E-state index contributed by atoms with van der Waals surface area (Å²) >= 11 is 0. The van der Waals surface area contributed by atoms with Gasteiger partial charge in [-0.3, -0.25) is 4.79 Å². The van der Waals surface area contributed by atoms with E-state index in [1.54, 1.807) is 37.4 Å². The first-order valence-electron chi connectivity index (χ1n) is 13.1. The molecule has 2 heterocycles. The third-order valence-electron chi connectivity index (χ3n) is 7.49. The Kier molecular flexibility index (Phi) is 7.81. The average molecular weight is 510 g/mol. The van der Waals surface area contributed by atoms with Gasteiger partial charge in [-0.25, -0.2) is 4.79 Å². The Morgan fingerprint density at radius 1 is 1.03 bits per heavy atom. The Morgan fingerprint density at radius 3 is 2.49 bits per heavy atom. The van der Waals surface area contributed by atoms with Gasteiger partial charge in [-0.1, -0.05) is 19.3 Å². The van der Waals surface area contributed by atoms with Crippen LogP contribution < -0.4 is 25.4 Å². The van der Waals surface area contributed by atoms with E-state index in [0.29, 0.717) is 29.3 Å². The number of nitrogens with one attached hydrogen (secondary N) is 3. The normalized spacial score (nSPS) is 24.8. The summed E-state index contributed by atoms with van der Waals surface area (Å²) in [5.41, 5.74) is 2.23. The number of aliphatic hydroxyl groups excluding tert-OH is 1. The summed E-state index contributed by atoms with van der Waals surface area (Å²) in [4.78, 5) is 25.3. The first-order valence-corrected chi connectivity index (χ1v) is 13.1. The van der Waals surface area contributed by atoms with Crippen LogP contribution in [0.25, 0.3) is 0 Å². The SMILES string of the molecule is COc1ccc(NC(=O)Nc2ccc3c(c2)[C@H]2C[C@H](CC(=O)NC4CCCCC4)O[C@@H](CO)[C@H]2O3)cc1. The smallest absolute Gasteiger partial charge is 0.323 e. The molecule has 9 nitrogen and oxygen atoms in total. The number of ether oxygens (including phenoxy) is 3. The molecule has 2 aromatic rings. The minimum Gasteiger partial charge on any atom is -0.497 e. The summed E-state index contributed by atoms with van der Waals surface area (Å²) in [5, 5.41) is 18.8. The number of carbonyl (C=O) groups excluding carboxylic acids is 2. The lowest BCUT2D eigenvalue weighted by molar-refractivity contribution is -0.142. The number of aliphatic hydroxyl groups is 1. The predicted molar refractivity (Wildman–Crippen MR) is 139 cm³/mol. The van der Waals surface area contributed by atoms with Crippen molar-refractivity contribution in [2.75, 3.05) is 24.4 Å². The molecule has 1 saturated carbocycles. The van der Waals surface area contributed by atoms with E-state index in [0.717, 1.165) is 31.2 Å². The highest BCUT2D eigenvalue weighted by molar-refractivity contribution is 5.99. The molecular formula is C28H35N3O6. The van der Waals surface area contributed by atoms with Crippen molar-refractivity contribution in [1.29, 1.82) is 0 Å². The molecule has 3 aliphatic rings. The molecule has 198 valence electrons. The molecule has 0 spiro atoms. The van der Waals surface area contributed by atoms with E-state index in [2.05, 4.69) is 16.0 Å². The molecule has 0 bridgehead atoms. The number of benzene rings is 2. The van der Waals surface area contributed by atoms with Crippen molar-refractivity contribution >= 4 is 23.3 Å². The number of anilines is 2. The van der Waals surface area contributed by atoms with Crippen molar-refractivity contribution in [3.63, 3.8) is 0 Å². The van der Waals surface area contributed by atoms with Crippen molar-refractivity contribution < 1.29 is 28.9 Å².